The standard InChI is InChI=1S/C19H27NO4.C2H6/c1-5-23-16-6-7-18-14(9-16)10-19(24-18)17(21)11-20-15(12-22-4)8-13(2)3;1-2/h6-7,9-10,13,15,20H,5,8,11-12H2,1-4H3;1-2H3/t15-;/m1./s1. The Labute approximate surface area is 157 Å². The molecule has 1 N–H and O–H groups in total. The predicted octanol–water partition coefficient (Wildman–Crippen LogP) is 4.69. The molecule has 0 aliphatic carbocycles. The summed E-state index contributed by atoms with van der Waals surface area (Å²) in [7, 11) is 1.67. The number of furan rings is 1. The fraction of sp³-hybridized carbons (Fsp3) is 0.571. The van der Waals surface area contributed by atoms with E-state index in [4.69, 9.17) is 13.9 Å². The van der Waals surface area contributed by atoms with E-state index < -0.39 is 0 Å². The van der Waals surface area contributed by atoms with Crippen LogP contribution in [-0.4, -0.2) is 38.7 Å². The quantitative estimate of drug-likeness (QED) is 0.621. The van der Waals surface area contributed by atoms with Gasteiger partial charge in [-0.3, -0.25) is 4.79 Å². The Morgan fingerprint density at radius 1 is 1.23 bits per heavy atom. The summed E-state index contributed by atoms with van der Waals surface area (Å²) in [6.45, 7) is 11.7. The van der Waals surface area contributed by atoms with E-state index in [2.05, 4.69) is 19.2 Å². The van der Waals surface area contributed by atoms with Crippen molar-refractivity contribution in [1.29, 1.82) is 0 Å². The number of hydrogen-bond donors (Lipinski definition) is 1. The van der Waals surface area contributed by atoms with E-state index in [0.29, 0.717) is 30.5 Å². The fourth-order valence-corrected chi connectivity index (χ4v) is 2.72. The summed E-state index contributed by atoms with van der Waals surface area (Å²) < 4.78 is 16.3. The molecule has 0 saturated carbocycles. The van der Waals surface area contributed by atoms with Gasteiger partial charge in [-0.1, -0.05) is 27.7 Å². The van der Waals surface area contributed by atoms with Crippen molar-refractivity contribution in [2.24, 2.45) is 5.92 Å². The van der Waals surface area contributed by atoms with Gasteiger partial charge in [0.2, 0.25) is 5.78 Å². The van der Waals surface area contributed by atoms with Crippen molar-refractivity contribution in [3.8, 4) is 5.75 Å². The Hall–Kier alpha value is -1.85. The van der Waals surface area contributed by atoms with Crippen molar-refractivity contribution in [1.82, 2.24) is 5.32 Å². The Kier molecular flexibility index (Phi) is 9.99. The molecule has 1 atom stereocenters. The van der Waals surface area contributed by atoms with Crippen LogP contribution in [-0.2, 0) is 4.74 Å². The van der Waals surface area contributed by atoms with Crippen molar-refractivity contribution >= 4 is 16.8 Å². The van der Waals surface area contributed by atoms with Crippen molar-refractivity contribution in [2.75, 3.05) is 26.9 Å². The minimum absolute atomic E-state index is 0.0611. The number of benzene rings is 1. The summed E-state index contributed by atoms with van der Waals surface area (Å²) in [5.41, 5.74) is 0.692. The monoisotopic (exact) mass is 363 g/mol. The molecule has 26 heavy (non-hydrogen) atoms. The summed E-state index contributed by atoms with van der Waals surface area (Å²) in [5, 5.41) is 4.14. The average molecular weight is 363 g/mol. The molecule has 0 spiro atoms. The second-order valence-electron chi connectivity index (χ2n) is 6.33. The number of ketones is 1. The summed E-state index contributed by atoms with van der Waals surface area (Å²) in [5.74, 6) is 1.62. The van der Waals surface area contributed by atoms with Crippen molar-refractivity contribution in [3.05, 3.63) is 30.0 Å². The van der Waals surface area contributed by atoms with Crippen molar-refractivity contribution < 1.29 is 18.7 Å². The Balaban J connectivity index is 0.00000163. The first-order chi connectivity index (χ1) is 12.5. The summed E-state index contributed by atoms with van der Waals surface area (Å²) in [4.78, 5) is 12.4. The van der Waals surface area contributed by atoms with Crippen LogP contribution in [0, 0.1) is 5.92 Å². The van der Waals surface area contributed by atoms with E-state index in [1.54, 1.807) is 13.2 Å². The van der Waals surface area contributed by atoms with Crippen LogP contribution >= 0.6 is 0 Å². The summed E-state index contributed by atoms with van der Waals surface area (Å²) >= 11 is 0. The highest BCUT2D eigenvalue weighted by Crippen LogP contribution is 2.24. The van der Waals surface area contributed by atoms with Gasteiger partial charge in [0.25, 0.3) is 0 Å². The van der Waals surface area contributed by atoms with Gasteiger partial charge in [0, 0.05) is 18.5 Å². The SMILES string of the molecule is CC.CCOc1ccc2oc(C(=O)CN[C@@H](COC)CC(C)C)cc2c1. The first kappa shape index (κ1) is 22.2. The number of ether oxygens (including phenoxy) is 2. The van der Waals surface area contributed by atoms with Crippen molar-refractivity contribution in [2.45, 2.75) is 47.1 Å². The first-order valence-electron chi connectivity index (χ1n) is 9.45. The molecule has 0 radical (unpaired) electrons. The van der Waals surface area contributed by atoms with Crippen LogP contribution in [0.3, 0.4) is 0 Å². The molecule has 1 aromatic heterocycles. The lowest BCUT2D eigenvalue weighted by molar-refractivity contribution is 0.0947. The second-order valence-corrected chi connectivity index (χ2v) is 6.33. The molecule has 0 bridgehead atoms. The normalized spacial score (nSPS) is 12.0. The number of hydrogen-bond acceptors (Lipinski definition) is 5. The first-order valence-corrected chi connectivity index (χ1v) is 9.45. The van der Waals surface area contributed by atoms with Crippen LogP contribution in [0.2, 0.25) is 0 Å². The summed E-state index contributed by atoms with van der Waals surface area (Å²) in [6, 6.07) is 7.50. The van der Waals surface area contributed by atoms with Crippen molar-refractivity contribution in [3.63, 3.8) is 0 Å². The molecule has 2 aromatic rings. The van der Waals surface area contributed by atoms with Crippen LogP contribution in [0.25, 0.3) is 11.0 Å². The van der Waals surface area contributed by atoms with Crippen LogP contribution in [0.5, 0.6) is 5.75 Å². The number of fused-ring (bicyclic) bond motifs is 1. The third-order valence-corrected chi connectivity index (χ3v) is 3.75. The Morgan fingerprint density at radius 3 is 2.58 bits per heavy atom. The van der Waals surface area contributed by atoms with E-state index in [1.165, 1.54) is 0 Å². The van der Waals surface area contributed by atoms with Crippen LogP contribution in [0.15, 0.2) is 28.7 Å². The van der Waals surface area contributed by atoms with Gasteiger partial charge in [-0.2, -0.15) is 0 Å². The molecule has 0 saturated heterocycles. The fourth-order valence-electron chi connectivity index (χ4n) is 2.72. The Bertz CT molecular complexity index is 663. The minimum Gasteiger partial charge on any atom is -0.494 e. The summed E-state index contributed by atoms with van der Waals surface area (Å²) in [6.07, 6.45) is 0.957. The Morgan fingerprint density at radius 2 is 1.96 bits per heavy atom. The van der Waals surface area contributed by atoms with Gasteiger partial charge in [-0.15, -0.1) is 0 Å². The van der Waals surface area contributed by atoms with E-state index >= 15 is 0 Å². The number of carbonyl (C=O) groups is 1. The van der Waals surface area contributed by atoms with E-state index in [9.17, 15) is 4.79 Å². The molecule has 0 fully saturated rings. The molecule has 0 aliphatic heterocycles. The highest BCUT2D eigenvalue weighted by atomic mass is 16.5. The van der Waals surface area contributed by atoms with E-state index in [1.807, 2.05) is 39.0 Å². The average Bonchev–Trinajstić information content (AvgIpc) is 3.04. The maximum atomic E-state index is 12.4. The molecule has 0 unspecified atom stereocenters. The smallest absolute Gasteiger partial charge is 0.211 e. The maximum Gasteiger partial charge on any atom is 0.211 e. The van der Waals surface area contributed by atoms with E-state index in [-0.39, 0.29) is 18.4 Å². The molecule has 146 valence electrons. The van der Waals surface area contributed by atoms with Gasteiger partial charge in [-0.05, 0) is 43.5 Å². The third kappa shape index (κ3) is 6.81. The topological polar surface area (TPSA) is 60.7 Å². The van der Waals surface area contributed by atoms with Gasteiger partial charge in [0.1, 0.15) is 11.3 Å². The van der Waals surface area contributed by atoms with Gasteiger partial charge in [0.15, 0.2) is 5.76 Å². The minimum atomic E-state index is -0.0611. The maximum absolute atomic E-state index is 12.4. The molecule has 1 heterocycles. The van der Waals surface area contributed by atoms with Gasteiger partial charge >= 0.3 is 0 Å². The van der Waals surface area contributed by atoms with Gasteiger partial charge in [0.05, 0.1) is 19.8 Å². The molecule has 5 nitrogen and oxygen atoms in total. The molecular formula is C21H33NO4. The number of nitrogens with one attached hydrogen (secondary N) is 1. The molecule has 5 heteroatoms. The van der Waals surface area contributed by atoms with Crippen LogP contribution in [0.1, 0.15) is 51.6 Å². The molecule has 2 rings (SSSR count). The number of methoxy groups -OCH3 is 1. The number of carbonyl (C=O) groups excluding carboxylic acids is 1. The highest BCUT2D eigenvalue weighted by molar-refractivity contribution is 5.99. The lowest BCUT2D eigenvalue weighted by atomic mass is 10.0. The molecular weight excluding hydrogens is 330 g/mol. The highest BCUT2D eigenvalue weighted by Gasteiger charge is 2.16. The molecule has 1 aromatic carbocycles. The number of rotatable bonds is 10. The second kappa shape index (κ2) is 11.7. The molecule has 0 aliphatic rings. The zero-order valence-corrected chi connectivity index (χ0v) is 16.9. The lowest BCUT2D eigenvalue weighted by Crippen LogP contribution is -2.37. The zero-order valence-electron chi connectivity index (χ0n) is 16.9. The van der Waals surface area contributed by atoms with E-state index in [0.717, 1.165) is 17.6 Å². The van der Waals surface area contributed by atoms with Crippen LogP contribution in [0.4, 0.5) is 0 Å². The third-order valence-electron chi connectivity index (χ3n) is 3.75. The lowest BCUT2D eigenvalue weighted by Gasteiger charge is -2.19. The predicted molar refractivity (Wildman–Crippen MR) is 106 cm³/mol. The largest absolute Gasteiger partial charge is 0.494 e. The zero-order chi connectivity index (χ0) is 19.5. The number of Topliss-reactive ketones (excluding diaryl/α,β-unsaturated/α-hetero) is 1. The van der Waals surface area contributed by atoms with Gasteiger partial charge in [-0.25, -0.2) is 0 Å². The van der Waals surface area contributed by atoms with Crippen LogP contribution < -0.4 is 10.1 Å². The molecule has 0 amide bonds. The van der Waals surface area contributed by atoms with Gasteiger partial charge < -0.3 is 19.2 Å².